The van der Waals surface area contributed by atoms with E-state index in [-0.39, 0.29) is 6.10 Å². The van der Waals surface area contributed by atoms with E-state index in [2.05, 4.69) is 29.6 Å². The third-order valence-electron chi connectivity index (χ3n) is 4.55. The Morgan fingerprint density at radius 1 is 1.05 bits per heavy atom. The number of rotatable bonds is 5. The van der Waals surface area contributed by atoms with Crippen LogP contribution in [0.15, 0.2) is 24.3 Å². The molecule has 0 bridgehead atoms. The summed E-state index contributed by atoms with van der Waals surface area (Å²) in [5.74, 6) is 1.51. The van der Waals surface area contributed by atoms with Crippen LogP contribution in [0.1, 0.15) is 55.6 Å². The quantitative estimate of drug-likeness (QED) is 0.851. The van der Waals surface area contributed by atoms with Gasteiger partial charge in [-0.2, -0.15) is 0 Å². The van der Waals surface area contributed by atoms with Crippen molar-refractivity contribution in [3.8, 4) is 0 Å². The molecule has 0 radical (unpaired) electrons. The van der Waals surface area contributed by atoms with Crippen LogP contribution in [-0.4, -0.2) is 17.8 Å². The van der Waals surface area contributed by atoms with Crippen LogP contribution in [0.3, 0.4) is 0 Å². The molecule has 104 valence electrons. The Bertz CT molecular complexity index is 396. The third kappa shape index (κ3) is 3.80. The van der Waals surface area contributed by atoms with Gasteiger partial charge in [-0.1, -0.05) is 30.7 Å². The lowest BCUT2D eigenvalue weighted by atomic mass is 9.87. The number of hydrogen-bond acceptors (Lipinski definition) is 2. The first-order chi connectivity index (χ1) is 9.31. The van der Waals surface area contributed by atoms with Crippen LogP contribution in [0.2, 0.25) is 0 Å². The second-order valence-electron chi connectivity index (χ2n) is 6.33. The molecule has 2 heteroatoms. The van der Waals surface area contributed by atoms with Crippen LogP contribution < -0.4 is 5.32 Å². The molecule has 2 aliphatic rings. The molecule has 0 heterocycles. The van der Waals surface area contributed by atoms with E-state index >= 15 is 0 Å². The number of nitrogens with one attached hydrogen (secondary N) is 1. The third-order valence-corrected chi connectivity index (χ3v) is 4.55. The molecular formula is C17H25NO. The minimum Gasteiger partial charge on any atom is -0.393 e. The van der Waals surface area contributed by atoms with Gasteiger partial charge >= 0.3 is 0 Å². The minimum atomic E-state index is -0.0571. The molecule has 0 saturated heterocycles. The molecule has 0 aromatic heterocycles. The standard InChI is InChI=1S/C17H25NO/c19-17-3-1-2-14(10-17)12-18-11-13-4-6-15(7-5-13)16-8-9-16/h4-7,14,16-19H,1-3,8-12H2. The Hall–Kier alpha value is -0.860. The van der Waals surface area contributed by atoms with Gasteiger partial charge in [0, 0.05) is 6.54 Å². The largest absolute Gasteiger partial charge is 0.393 e. The monoisotopic (exact) mass is 259 g/mol. The van der Waals surface area contributed by atoms with Gasteiger partial charge in [-0.15, -0.1) is 0 Å². The van der Waals surface area contributed by atoms with Crippen LogP contribution in [0.5, 0.6) is 0 Å². The Kier molecular flexibility index (Phi) is 4.19. The molecule has 2 nitrogen and oxygen atoms in total. The summed E-state index contributed by atoms with van der Waals surface area (Å²) in [7, 11) is 0. The highest BCUT2D eigenvalue weighted by Crippen LogP contribution is 2.39. The van der Waals surface area contributed by atoms with Gasteiger partial charge in [0.1, 0.15) is 0 Å². The number of benzene rings is 1. The molecule has 2 atom stereocenters. The van der Waals surface area contributed by atoms with E-state index in [9.17, 15) is 5.11 Å². The van der Waals surface area contributed by atoms with Crippen molar-refractivity contribution < 1.29 is 5.11 Å². The highest BCUT2D eigenvalue weighted by molar-refractivity contribution is 5.27. The van der Waals surface area contributed by atoms with Crippen molar-refractivity contribution in [1.29, 1.82) is 0 Å². The molecular weight excluding hydrogens is 234 g/mol. The first-order valence-electron chi connectivity index (χ1n) is 7.79. The maximum absolute atomic E-state index is 9.66. The van der Waals surface area contributed by atoms with E-state index in [4.69, 9.17) is 0 Å². The second kappa shape index (κ2) is 6.06. The fourth-order valence-corrected chi connectivity index (χ4v) is 3.19. The van der Waals surface area contributed by atoms with Crippen LogP contribution in [0.4, 0.5) is 0 Å². The van der Waals surface area contributed by atoms with E-state index in [0.29, 0.717) is 5.92 Å². The fourth-order valence-electron chi connectivity index (χ4n) is 3.19. The van der Waals surface area contributed by atoms with Gasteiger partial charge in [-0.25, -0.2) is 0 Å². The molecule has 1 aromatic rings. The summed E-state index contributed by atoms with van der Waals surface area (Å²) in [5, 5.41) is 13.2. The zero-order valence-corrected chi connectivity index (χ0v) is 11.6. The summed E-state index contributed by atoms with van der Waals surface area (Å²) >= 11 is 0. The molecule has 1 aromatic carbocycles. The summed E-state index contributed by atoms with van der Waals surface area (Å²) in [5.41, 5.74) is 2.89. The number of hydrogen-bond donors (Lipinski definition) is 2. The lowest BCUT2D eigenvalue weighted by molar-refractivity contribution is 0.101. The van der Waals surface area contributed by atoms with E-state index in [1.165, 1.54) is 36.8 Å². The van der Waals surface area contributed by atoms with Crippen LogP contribution in [0, 0.1) is 5.92 Å². The molecule has 2 aliphatic carbocycles. The molecule has 2 fully saturated rings. The highest BCUT2D eigenvalue weighted by atomic mass is 16.3. The fraction of sp³-hybridized carbons (Fsp3) is 0.647. The summed E-state index contributed by atoms with van der Waals surface area (Å²) < 4.78 is 0. The summed E-state index contributed by atoms with van der Waals surface area (Å²) in [6, 6.07) is 9.10. The Labute approximate surface area is 116 Å². The predicted octanol–water partition coefficient (Wildman–Crippen LogP) is 3.20. The molecule has 2 unspecified atom stereocenters. The SMILES string of the molecule is OC1CCCC(CNCc2ccc(C3CC3)cc2)C1. The van der Waals surface area contributed by atoms with Crippen molar-refractivity contribution in [2.45, 2.75) is 57.1 Å². The Morgan fingerprint density at radius 2 is 1.84 bits per heavy atom. The van der Waals surface area contributed by atoms with Gasteiger partial charge in [0.05, 0.1) is 6.10 Å². The Morgan fingerprint density at radius 3 is 2.53 bits per heavy atom. The smallest absolute Gasteiger partial charge is 0.0543 e. The van der Waals surface area contributed by atoms with Gasteiger partial charge in [-0.05, 0) is 61.6 Å². The minimum absolute atomic E-state index is 0.0571. The van der Waals surface area contributed by atoms with Crippen molar-refractivity contribution in [3.63, 3.8) is 0 Å². The van der Waals surface area contributed by atoms with Gasteiger partial charge < -0.3 is 10.4 Å². The van der Waals surface area contributed by atoms with E-state index in [0.717, 1.165) is 31.8 Å². The second-order valence-corrected chi connectivity index (χ2v) is 6.33. The average Bonchev–Trinajstić information content (AvgIpc) is 3.24. The van der Waals surface area contributed by atoms with Crippen molar-refractivity contribution in [1.82, 2.24) is 5.32 Å². The van der Waals surface area contributed by atoms with E-state index in [1.54, 1.807) is 0 Å². The zero-order valence-electron chi connectivity index (χ0n) is 11.6. The lowest BCUT2D eigenvalue weighted by Gasteiger charge is -2.26. The molecule has 2 N–H and O–H groups in total. The van der Waals surface area contributed by atoms with Crippen molar-refractivity contribution in [2.75, 3.05) is 6.54 Å². The van der Waals surface area contributed by atoms with Crippen molar-refractivity contribution >= 4 is 0 Å². The maximum Gasteiger partial charge on any atom is 0.0543 e. The van der Waals surface area contributed by atoms with Gasteiger partial charge in [0.15, 0.2) is 0 Å². The van der Waals surface area contributed by atoms with Gasteiger partial charge in [0.2, 0.25) is 0 Å². The van der Waals surface area contributed by atoms with E-state index in [1.807, 2.05) is 0 Å². The zero-order chi connectivity index (χ0) is 13.1. The molecule has 19 heavy (non-hydrogen) atoms. The number of aliphatic hydroxyl groups excluding tert-OH is 1. The normalized spacial score (nSPS) is 27.4. The molecule has 0 amide bonds. The first-order valence-corrected chi connectivity index (χ1v) is 7.79. The molecule has 0 spiro atoms. The van der Waals surface area contributed by atoms with E-state index < -0.39 is 0 Å². The topological polar surface area (TPSA) is 32.3 Å². The molecule has 0 aliphatic heterocycles. The Balaban J connectivity index is 1.41. The number of aliphatic hydroxyl groups is 1. The molecule has 2 saturated carbocycles. The first kappa shape index (κ1) is 13.1. The van der Waals surface area contributed by atoms with Crippen LogP contribution in [0.25, 0.3) is 0 Å². The van der Waals surface area contributed by atoms with Gasteiger partial charge in [-0.3, -0.25) is 0 Å². The molecule has 3 rings (SSSR count). The van der Waals surface area contributed by atoms with Crippen molar-refractivity contribution in [3.05, 3.63) is 35.4 Å². The summed E-state index contributed by atoms with van der Waals surface area (Å²) in [6.07, 6.45) is 7.13. The maximum atomic E-state index is 9.66. The lowest BCUT2D eigenvalue weighted by Crippen LogP contribution is -2.28. The van der Waals surface area contributed by atoms with Crippen LogP contribution in [-0.2, 0) is 6.54 Å². The summed E-state index contributed by atoms with van der Waals surface area (Å²) in [6.45, 7) is 2.00. The predicted molar refractivity (Wildman–Crippen MR) is 78.1 cm³/mol. The highest BCUT2D eigenvalue weighted by Gasteiger charge is 2.23. The summed E-state index contributed by atoms with van der Waals surface area (Å²) in [4.78, 5) is 0. The average molecular weight is 259 g/mol. The van der Waals surface area contributed by atoms with Crippen molar-refractivity contribution in [2.24, 2.45) is 5.92 Å². The van der Waals surface area contributed by atoms with Gasteiger partial charge in [0.25, 0.3) is 0 Å². The van der Waals surface area contributed by atoms with Crippen LogP contribution >= 0.6 is 0 Å².